The van der Waals surface area contributed by atoms with Crippen LogP contribution in [-0.4, -0.2) is 31.3 Å². The smallest absolute Gasteiger partial charge is 0.339 e. The maximum atomic E-state index is 11.5. The summed E-state index contributed by atoms with van der Waals surface area (Å²) in [5.41, 5.74) is 2.42. The van der Waals surface area contributed by atoms with Crippen LogP contribution in [0.1, 0.15) is 22.3 Å². The fourth-order valence-electron chi connectivity index (χ4n) is 1.44. The highest BCUT2D eigenvalue weighted by Crippen LogP contribution is 2.26. The fourth-order valence-corrected chi connectivity index (χ4v) is 1.95. The SMILES string of the molecule is COC(=O)c1cc(C)c(NCCCO)cc1Br. The van der Waals surface area contributed by atoms with Gasteiger partial charge in [-0.05, 0) is 47.0 Å². The number of aliphatic hydroxyl groups excluding tert-OH is 1. The van der Waals surface area contributed by atoms with Gasteiger partial charge < -0.3 is 15.2 Å². The van der Waals surface area contributed by atoms with Gasteiger partial charge >= 0.3 is 5.97 Å². The largest absolute Gasteiger partial charge is 0.465 e. The standard InChI is InChI=1S/C12H16BrNO3/c1-8-6-9(12(16)17-2)10(13)7-11(8)14-4-3-5-15/h6-7,14-15H,3-5H2,1-2H3. The molecule has 0 fully saturated rings. The van der Waals surface area contributed by atoms with E-state index in [1.54, 1.807) is 6.07 Å². The summed E-state index contributed by atoms with van der Waals surface area (Å²) in [6.07, 6.45) is 0.690. The second-order valence-corrected chi connectivity index (χ2v) is 4.50. The Bertz CT molecular complexity index is 407. The third-order valence-electron chi connectivity index (χ3n) is 2.37. The van der Waals surface area contributed by atoms with Crippen molar-refractivity contribution in [1.82, 2.24) is 0 Å². The topological polar surface area (TPSA) is 58.6 Å². The molecule has 0 atom stereocenters. The van der Waals surface area contributed by atoms with Gasteiger partial charge in [-0.3, -0.25) is 0 Å². The zero-order chi connectivity index (χ0) is 12.8. The van der Waals surface area contributed by atoms with Crippen molar-refractivity contribution in [2.75, 3.05) is 25.6 Å². The lowest BCUT2D eigenvalue weighted by atomic mass is 10.1. The number of esters is 1. The second-order valence-electron chi connectivity index (χ2n) is 3.64. The highest BCUT2D eigenvalue weighted by molar-refractivity contribution is 9.10. The van der Waals surface area contributed by atoms with E-state index in [-0.39, 0.29) is 12.6 Å². The van der Waals surface area contributed by atoms with Crippen LogP contribution in [-0.2, 0) is 4.74 Å². The number of ether oxygens (including phenoxy) is 1. The molecule has 1 aromatic carbocycles. The van der Waals surface area contributed by atoms with Crippen LogP contribution in [0.5, 0.6) is 0 Å². The molecule has 1 aromatic rings. The monoisotopic (exact) mass is 301 g/mol. The van der Waals surface area contributed by atoms with E-state index in [2.05, 4.69) is 26.0 Å². The summed E-state index contributed by atoms with van der Waals surface area (Å²) in [5, 5.41) is 11.9. The van der Waals surface area contributed by atoms with Crippen LogP contribution in [0.2, 0.25) is 0 Å². The second kappa shape index (κ2) is 6.61. The van der Waals surface area contributed by atoms with E-state index >= 15 is 0 Å². The molecule has 2 N–H and O–H groups in total. The van der Waals surface area contributed by atoms with Crippen LogP contribution in [0.25, 0.3) is 0 Å². The van der Waals surface area contributed by atoms with Crippen LogP contribution in [0.4, 0.5) is 5.69 Å². The fraction of sp³-hybridized carbons (Fsp3) is 0.417. The summed E-state index contributed by atoms with van der Waals surface area (Å²) in [5.74, 6) is -0.359. The summed E-state index contributed by atoms with van der Waals surface area (Å²) in [4.78, 5) is 11.5. The lowest BCUT2D eigenvalue weighted by Crippen LogP contribution is -2.07. The van der Waals surface area contributed by atoms with E-state index in [9.17, 15) is 4.79 Å². The first-order chi connectivity index (χ1) is 8.10. The van der Waals surface area contributed by atoms with Gasteiger partial charge in [-0.25, -0.2) is 4.79 Å². The van der Waals surface area contributed by atoms with Gasteiger partial charge in [-0.2, -0.15) is 0 Å². The van der Waals surface area contributed by atoms with E-state index in [1.165, 1.54) is 7.11 Å². The summed E-state index contributed by atoms with van der Waals surface area (Å²) in [6, 6.07) is 3.62. The molecule has 0 heterocycles. The molecule has 94 valence electrons. The molecule has 0 aliphatic rings. The number of aryl methyl sites for hydroxylation is 1. The minimum absolute atomic E-state index is 0.160. The number of nitrogens with one attached hydrogen (secondary N) is 1. The Balaban J connectivity index is 2.89. The van der Waals surface area contributed by atoms with Gasteiger partial charge in [0.25, 0.3) is 0 Å². The predicted molar refractivity (Wildman–Crippen MR) is 70.4 cm³/mol. The molecular formula is C12H16BrNO3. The number of aliphatic hydroxyl groups is 1. The van der Waals surface area contributed by atoms with E-state index in [0.29, 0.717) is 23.0 Å². The Morgan fingerprint density at radius 1 is 1.53 bits per heavy atom. The Hall–Kier alpha value is -1.07. The Labute approximate surface area is 109 Å². The van der Waals surface area contributed by atoms with Gasteiger partial charge in [0.1, 0.15) is 0 Å². The molecule has 0 unspecified atom stereocenters. The number of carbonyl (C=O) groups is 1. The highest BCUT2D eigenvalue weighted by Gasteiger charge is 2.12. The zero-order valence-electron chi connectivity index (χ0n) is 9.92. The third kappa shape index (κ3) is 3.71. The van der Waals surface area contributed by atoms with Crippen molar-refractivity contribution in [1.29, 1.82) is 0 Å². The van der Waals surface area contributed by atoms with Crippen molar-refractivity contribution >= 4 is 27.6 Å². The Kier molecular flexibility index (Phi) is 5.44. The molecule has 17 heavy (non-hydrogen) atoms. The van der Waals surface area contributed by atoms with Crippen molar-refractivity contribution in [3.8, 4) is 0 Å². The lowest BCUT2D eigenvalue weighted by molar-refractivity contribution is 0.0599. The van der Waals surface area contributed by atoms with Crippen molar-refractivity contribution in [2.24, 2.45) is 0 Å². The minimum Gasteiger partial charge on any atom is -0.465 e. The van der Waals surface area contributed by atoms with Crippen molar-refractivity contribution in [2.45, 2.75) is 13.3 Å². The van der Waals surface area contributed by atoms with Gasteiger partial charge in [0, 0.05) is 23.3 Å². The first-order valence-electron chi connectivity index (χ1n) is 5.33. The average Bonchev–Trinajstić information content (AvgIpc) is 2.32. The molecule has 0 radical (unpaired) electrons. The van der Waals surface area contributed by atoms with Gasteiger partial charge in [0.05, 0.1) is 12.7 Å². The van der Waals surface area contributed by atoms with Crippen LogP contribution in [0, 0.1) is 6.92 Å². The van der Waals surface area contributed by atoms with Crippen molar-refractivity contribution in [3.05, 3.63) is 27.7 Å². The predicted octanol–water partition coefficient (Wildman–Crippen LogP) is 2.34. The number of hydrogen-bond acceptors (Lipinski definition) is 4. The first-order valence-corrected chi connectivity index (χ1v) is 6.12. The third-order valence-corrected chi connectivity index (χ3v) is 3.03. The summed E-state index contributed by atoms with van der Waals surface area (Å²) >= 11 is 3.34. The number of hydrogen-bond donors (Lipinski definition) is 2. The molecule has 0 amide bonds. The Morgan fingerprint density at radius 3 is 2.82 bits per heavy atom. The lowest BCUT2D eigenvalue weighted by Gasteiger charge is -2.11. The molecule has 4 nitrogen and oxygen atoms in total. The summed E-state index contributed by atoms with van der Waals surface area (Å²) in [6.45, 7) is 2.77. The highest BCUT2D eigenvalue weighted by atomic mass is 79.9. The van der Waals surface area contributed by atoms with Crippen LogP contribution in [0.15, 0.2) is 16.6 Å². The van der Waals surface area contributed by atoms with Gasteiger partial charge in [0.2, 0.25) is 0 Å². The normalized spacial score (nSPS) is 10.1. The molecule has 0 bridgehead atoms. The van der Waals surface area contributed by atoms with Crippen molar-refractivity contribution in [3.63, 3.8) is 0 Å². The zero-order valence-corrected chi connectivity index (χ0v) is 11.5. The molecule has 0 spiro atoms. The molecule has 0 aliphatic heterocycles. The van der Waals surface area contributed by atoms with Crippen molar-refractivity contribution < 1.29 is 14.6 Å². The molecule has 0 saturated carbocycles. The van der Waals surface area contributed by atoms with Crippen LogP contribution < -0.4 is 5.32 Å². The number of methoxy groups -OCH3 is 1. The summed E-state index contributed by atoms with van der Waals surface area (Å²) < 4.78 is 5.38. The maximum absolute atomic E-state index is 11.5. The van der Waals surface area contributed by atoms with Crippen LogP contribution in [0.3, 0.4) is 0 Å². The number of carbonyl (C=O) groups excluding carboxylic acids is 1. The van der Waals surface area contributed by atoms with E-state index in [0.717, 1.165) is 11.3 Å². The maximum Gasteiger partial charge on any atom is 0.339 e. The van der Waals surface area contributed by atoms with Gasteiger partial charge in [-0.1, -0.05) is 0 Å². The molecule has 5 heteroatoms. The van der Waals surface area contributed by atoms with E-state index in [1.807, 2.05) is 13.0 Å². The van der Waals surface area contributed by atoms with Gasteiger partial charge in [0.15, 0.2) is 0 Å². The molecule has 0 aliphatic carbocycles. The average molecular weight is 302 g/mol. The molecule has 0 aromatic heterocycles. The summed E-state index contributed by atoms with van der Waals surface area (Å²) in [7, 11) is 1.36. The minimum atomic E-state index is -0.359. The quantitative estimate of drug-likeness (QED) is 0.647. The number of halogens is 1. The molecule has 0 saturated heterocycles. The number of rotatable bonds is 5. The number of benzene rings is 1. The van der Waals surface area contributed by atoms with Crippen LogP contribution >= 0.6 is 15.9 Å². The van der Waals surface area contributed by atoms with E-state index in [4.69, 9.17) is 5.11 Å². The Morgan fingerprint density at radius 2 is 2.24 bits per heavy atom. The van der Waals surface area contributed by atoms with Gasteiger partial charge in [-0.15, -0.1) is 0 Å². The number of anilines is 1. The molecule has 1 rings (SSSR count). The van der Waals surface area contributed by atoms with E-state index < -0.39 is 0 Å². The molecular weight excluding hydrogens is 286 g/mol. The first kappa shape index (κ1) is 14.0.